The molecule has 5 N–H and O–H groups in total. The van der Waals surface area contributed by atoms with Crippen LogP contribution in [0.3, 0.4) is 0 Å². The van der Waals surface area contributed by atoms with Crippen molar-refractivity contribution in [1.82, 2.24) is 0 Å². The van der Waals surface area contributed by atoms with Gasteiger partial charge in [0.25, 0.3) is 0 Å². The Morgan fingerprint density at radius 2 is 1.68 bits per heavy atom. The number of carbonyl (C=O) groups is 2. The van der Waals surface area contributed by atoms with Crippen molar-refractivity contribution in [3.63, 3.8) is 0 Å². The smallest absolute Gasteiger partial charge is 0.412 e. The van der Waals surface area contributed by atoms with Crippen LogP contribution in [0.2, 0.25) is 0 Å². The third-order valence-corrected chi connectivity index (χ3v) is 6.62. The summed E-state index contributed by atoms with van der Waals surface area (Å²) in [4.78, 5) is 25.9. The lowest BCUT2D eigenvalue weighted by Gasteiger charge is -2.32. The maximum atomic E-state index is 13.2. The summed E-state index contributed by atoms with van der Waals surface area (Å²) in [6.45, 7) is 3.83. The molecule has 0 saturated carbocycles. The van der Waals surface area contributed by atoms with E-state index in [-0.39, 0.29) is 18.4 Å². The summed E-state index contributed by atoms with van der Waals surface area (Å²) < 4.78 is 16.8. The largest absolute Gasteiger partial charge is 0.507 e. The lowest BCUT2D eigenvalue weighted by molar-refractivity contribution is -0.112. The highest BCUT2D eigenvalue weighted by Crippen LogP contribution is 2.43. The number of aromatic hydroxyl groups is 1. The van der Waals surface area contributed by atoms with E-state index >= 15 is 0 Å². The first-order valence-electron chi connectivity index (χ1n) is 12.6. The molecule has 204 valence electrons. The fraction of sp³-hybridized carbons (Fsp3) is 0.161. The van der Waals surface area contributed by atoms with E-state index in [1.807, 2.05) is 32.0 Å². The maximum absolute atomic E-state index is 13.2. The van der Waals surface area contributed by atoms with Crippen LogP contribution in [0, 0.1) is 5.41 Å². The summed E-state index contributed by atoms with van der Waals surface area (Å²) in [6, 6.07) is 22.6. The van der Waals surface area contributed by atoms with Crippen LogP contribution in [0.5, 0.6) is 17.2 Å². The van der Waals surface area contributed by atoms with Crippen LogP contribution in [0.1, 0.15) is 25.5 Å². The Labute approximate surface area is 231 Å². The average Bonchev–Trinajstić information content (AvgIpc) is 3.41. The normalized spacial score (nSPS) is 13.2. The molecule has 0 unspecified atom stereocenters. The van der Waals surface area contributed by atoms with Crippen molar-refractivity contribution < 1.29 is 28.9 Å². The second-order valence-electron chi connectivity index (χ2n) is 9.93. The molecule has 0 radical (unpaired) electrons. The van der Waals surface area contributed by atoms with Crippen molar-refractivity contribution >= 4 is 39.8 Å². The number of nitrogens with one attached hydrogen (secondary N) is 2. The number of para-hydroxylation sites is 2. The number of benzene rings is 4. The van der Waals surface area contributed by atoms with Gasteiger partial charge in [-0.15, -0.1) is 0 Å². The number of phenols is 1. The molecular formula is C31H29N3O6. The van der Waals surface area contributed by atoms with E-state index in [1.54, 1.807) is 66.7 Å². The molecule has 0 bridgehead atoms. The van der Waals surface area contributed by atoms with Gasteiger partial charge in [0.05, 0.1) is 11.4 Å². The lowest BCUT2D eigenvalue weighted by atomic mass is 9.80. The van der Waals surface area contributed by atoms with Gasteiger partial charge in [0, 0.05) is 28.1 Å². The van der Waals surface area contributed by atoms with Crippen molar-refractivity contribution in [2.75, 3.05) is 23.2 Å². The number of amides is 2. The topological polar surface area (TPSA) is 132 Å². The summed E-state index contributed by atoms with van der Waals surface area (Å²) in [7, 11) is 0. The van der Waals surface area contributed by atoms with E-state index in [1.165, 1.54) is 6.08 Å². The first-order valence-corrected chi connectivity index (χ1v) is 12.6. The Morgan fingerprint density at radius 3 is 2.48 bits per heavy atom. The minimum absolute atomic E-state index is 0.107. The van der Waals surface area contributed by atoms with E-state index in [2.05, 4.69) is 10.6 Å². The molecule has 9 heteroatoms. The van der Waals surface area contributed by atoms with Crippen LogP contribution >= 0.6 is 0 Å². The number of rotatable bonds is 7. The van der Waals surface area contributed by atoms with Crippen LogP contribution < -0.4 is 25.8 Å². The molecule has 0 saturated heterocycles. The van der Waals surface area contributed by atoms with E-state index in [4.69, 9.17) is 19.9 Å². The Morgan fingerprint density at radius 1 is 0.950 bits per heavy atom. The molecule has 5 rings (SSSR count). The third kappa shape index (κ3) is 5.63. The zero-order chi connectivity index (χ0) is 28.3. The van der Waals surface area contributed by atoms with Gasteiger partial charge in [-0.2, -0.15) is 0 Å². The molecule has 0 aromatic heterocycles. The molecule has 1 aliphatic heterocycles. The summed E-state index contributed by atoms with van der Waals surface area (Å²) in [5, 5.41) is 17.3. The molecule has 4 aromatic carbocycles. The Kier molecular flexibility index (Phi) is 7.20. The molecule has 0 spiro atoms. The van der Waals surface area contributed by atoms with Gasteiger partial charge in [0.15, 0.2) is 11.5 Å². The average molecular weight is 540 g/mol. The third-order valence-electron chi connectivity index (χ3n) is 6.62. The van der Waals surface area contributed by atoms with Gasteiger partial charge in [-0.1, -0.05) is 62.4 Å². The molecule has 1 aliphatic rings. The number of carbonyl (C=O) groups excluding carboxylic acids is 2. The molecule has 9 nitrogen and oxygen atoms in total. The minimum Gasteiger partial charge on any atom is -0.507 e. The molecule has 1 heterocycles. The SMILES string of the molecule is CC(C)(/C=C/C(=O)Nc1ccccc1N)[C@H](OC(=O)Nc1ccc2c(c1)OCO2)c1ccc(O)c2ccccc12. The predicted molar refractivity (Wildman–Crippen MR) is 153 cm³/mol. The lowest BCUT2D eigenvalue weighted by Crippen LogP contribution is -2.28. The van der Waals surface area contributed by atoms with Crippen molar-refractivity contribution in [2.45, 2.75) is 20.0 Å². The zero-order valence-electron chi connectivity index (χ0n) is 22.0. The number of phenolic OH excluding ortho intramolecular Hbond substituents is 1. The van der Waals surface area contributed by atoms with Gasteiger partial charge in [-0.3, -0.25) is 10.1 Å². The zero-order valence-corrected chi connectivity index (χ0v) is 22.0. The monoisotopic (exact) mass is 539 g/mol. The first-order chi connectivity index (χ1) is 19.2. The standard InChI is InChI=1S/C31H29N3O6/c1-31(2,16-15-28(36)34-24-10-6-5-9-23(24)32)29(22-12-13-25(35)21-8-4-3-7-20(21)22)40-30(37)33-19-11-14-26-27(17-19)39-18-38-26/h3-17,29,35H,18,32H2,1-2H3,(H,33,37)(H,34,36)/b16-15+/t29-/m1/s1. The van der Waals surface area contributed by atoms with Crippen LogP contribution in [-0.2, 0) is 9.53 Å². The highest BCUT2D eigenvalue weighted by molar-refractivity contribution is 6.01. The molecular weight excluding hydrogens is 510 g/mol. The van der Waals surface area contributed by atoms with E-state index in [9.17, 15) is 14.7 Å². The molecule has 0 fully saturated rings. The van der Waals surface area contributed by atoms with Gasteiger partial charge in [-0.25, -0.2) is 4.79 Å². The van der Waals surface area contributed by atoms with Crippen molar-refractivity contribution in [2.24, 2.45) is 5.41 Å². The van der Waals surface area contributed by atoms with Crippen molar-refractivity contribution in [1.29, 1.82) is 0 Å². The van der Waals surface area contributed by atoms with Gasteiger partial charge >= 0.3 is 6.09 Å². The van der Waals surface area contributed by atoms with Gasteiger partial charge in [-0.05, 0) is 41.8 Å². The number of fused-ring (bicyclic) bond motifs is 2. The van der Waals surface area contributed by atoms with Gasteiger partial charge < -0.3 is 30.4 Å². The fourth-order valence-electron chi connectivity index (χ4n) is 4.54. The minimum atomic E-state index is -0.870. The van der Waals surface area contributed by atoms with Crippen LogP contribution in [0.4, 0.5) is 21.9 Å². The summed E-state index contributed by atoms with van der Waals surface area (Å²) in [6.07, 6.45) is 1.52. The Bertz CT molecular complexity index is 1610. The Balaban J connectivity index is 1.44. The first kappa shape index (κ1) is 26.4. The second kappa shape index (κ2) is 10.9. The predicted octanol–water partition coefficient (Wildman–Crippen LogP) is 6.37. The number of nitrogens with two attached hydrogens (primary N) is 1. The van der Waals surface area contributed by atoms with Crippen LogP contribution in [-0.4, -0.2) is 23.9 Å². The van der Waals surface area contributed by atoms with E-state index in [0.29, 0.717) is 44.9 Å². The molecule has 2 amide bonds. The van der Waals surface area contributed by atoms with Crippen LogP contribution in [0.25, 0.3) is 10.8 Å². The summed E-state index contributed by atoms with van der Waals surface area (Å²) >= 11 is 0. The number of anilines is 3. The Hall–Kier alpha value is -5.18. The molecule has 1 atom stereocenters. The van der Waals surface area contributed by atoms with Crippen LogP contribution in [0.15, 0.2) is 91.0 Å². The van der Waals surface area contributed by atoms with Crippen molar-refractivity contribution in [3.05, 3.63) is 96.6 Å². The van der Waals surface area contributed by atoms with Crippen molar-refractivity contribution in [3.8, 4) is 17.2 Å². The molecule has 40 heavy (non-hydrogen) atoms. The maximum Gasteiger partial charge on any atom is 0.412 e. The number of hydrogen-bond donors (Lipinski definition) is 4. The number of nitrogen functional groups attached to an aromatic ring is 1. The van der Waals surface area contributed by atoms with Gasteiger partial charge in [0.2, 0.25) is 12.7 Å². The highest BCUT2D eigenvalue weighted by atomic mass is 16.7. The highest BCUT2D eigenvalue weighted by Gasteiger charge is 2.34. The summed E-state index contributed by atoms with van der Waals surface area (Å²) in [5.41, 5.74) is 7.15. The summed E-state index contributed by atoms with van der Waals surface area (Å²) in [5.74, 6) is 0.836. The van der Waals surface area contributed by atoms with Gasteiger partial charge in [0.1, 0.15) is 11.9 Å². The fourth-order valence-corrected chi connectivity index (χ4v) is 4.54. The van der Waals surface area contributed by atoms with E-state index in [0.717, 1.165) is 0 Å². The second-order valence-corrected chi connectivity index (χ2v) is 9.93. The number of hydrogen-bond acceptors (Lipinski definition) is 7. The molecule has 4 aromatic rings. The number of ether oxygens (including phenoxy) is 3. The quantitative estimate of drug-likeness (QED) is 0.159. The molecule has 0 aliphatic carbocycles. The van der Waals surface area contributed by atoms with E-state index < -0.39 is 17.6 Å².